The number of rotatable bonds is 20. The second kappa shape index (κ2) is 28.0. The highest BCUT2D eigenvalue weighted by Crippen LogP contribution is 2.54. The minimum Gasteiger partial charge on any atom is -0.496 e. The average Bonchev–Trinajstić information content (AvgIpc) is 1.36. The predicted molar refractivity (Wildman–Crippen MR) is 367 cm³/mol. The number of hydrogen-bond acceptors (Lipinski definition) is 7. The third-order valence-electron chi connectivity index (χ3n) is 21.1. The van der Waals surface area contributed by atoms with Gasteiger partial charge in [0.15, 0.2) is 8.32 Å². The second-order valence-corrected chi connectivity index (χ2v) is 42.8. The normalized spacial score (nSPS) is 22.8. The van der Waals surface area contributed by atoms with Crippen LogP contribution in [0.5, 0.6) is 11.5 Å². The summed E-state index contributed by atoms with van der Waals surface area (Å²) < 4.78 is 34.1. The zero-order valence-corrected chi connectivity index (χ0v) is 57.2. The standard InChI is InChI=1S/C41H60O3Si2.C34H44O4Si.CH4/c1-30(29-43-45(9,10)40(2,3)4)24-25-35-36-26-31-18-17-23-38(42-8)37(31)27-32(36)28-39(35)44-46(41(5,6)7,33-19-13-11-14-20-33)34-21-15-12-16-22-34;1-34(2,3)39(27-13-7-5-8-14-27,28-15-9-6-10-16-28)38-33-22-25-21-31-24(12-11-17-32(31)37-4)20-30(25)29(33)19-18-26(36)23-35;/h11-23,30,32,35-36,39H,24-29H2,1-10H3;5-17,25-26,29-30,33,35-36H,18-23H2,1-4H3;1H4/t30-,32+,35-,36+,39-;25-,26+,29+,30-,33+;/m10./s1. The van der Waals surface area contributed by atoms with Crippen LogP contribution in [-0.4, -0.2) is 80.9 Å². The fourth-order valence-electron chi connectivity index (χ4n) is 15.6. The zero-order chi connectivity index (χ0) is 61.0. The molecular weight excluding hydrogens is 1110 g/mol. The maximum absolute atomic E-state index is 10.3. The fraction of sp³-hybridized carbons (Fsp3) is 0.526. The van der Waals surface area contributed by atoms with Crippen LogP contribution in [0.25, 0.3) is 0 Å². The van der Waals surface area contributed by atoms with E-state index in [0.29, 0.717) is 47.8 Å². The summed E-state index contributed by atoms with van der Waals surface area (Å²) in [6.07, 6.45) is 9.77. The quantitative estimate of drug-likeness (QED) is 0.0737. The minimum atomic E-state index is -2.72. The minimum absolute atomic E-state index is 0. The molecule has 0 aromatic heterocycles. The lowest BCUT2D eigenvalue weighted by Crippen LogP contribution is -2.68. The molecule has 7 nitrogen and oxygen atoms in total. The third kappa shape index (κ3) is 14.0. The van der Waals surface area contributed by atoms with Crippen molar-refractivity contribution in [3.05, 3.63) is 180 Å². The van der Waals surface area contributed by atoms with Gasteiger partial charge in [-0.15, -0.1) is 0 Å². The molecule has 0 saturated heterocycles. The van der Waals surface area contributed by atoms with Crippen molar-refractivity contribution in [3.63, 3.8) is 0 Å². The molecular formula is C76H108O7Si3. The lowest BCUT2D eigenvalue weighted by atomic mass is 9.73. The van der Waals surface area contributed by atoms with Crippen LogP contribution in [0.2, 0.25) is 28.2 Å². The van der Waals surface area contributed by atoms with Crippen molar-refractivity contribution in [2.45, 2.75) is 187 Å². The average molecular weight is 1220 g/mol. The number of hydrogen-bond donors (Lipinski definition) is 2. The highest BCUT2D eigenvalue weighted by Gasteiger charge is 2.57. The molecule has 466 valence electrons. The van der Waals surface area contributed by atoms with E-state index >= 15 is 0 Å². The van der Waals surface area contributed by atoms with Gasteiger partial charge in [-0.25, -0.2) is 0 Å². The number of aliphatic hydroxyl groups excluding tert-OH is 2. The summed E-state index contributed by atoms with van der Waals surface area (Å²) in [5, 5.41) is 25.4. The summed E-state index contributed by atoms with van der Waals surface area (Å²) in [5.41, 5.74) is 5.63. The summed E-state index contributed by atoms with van der Waals surface area (Å²) in [7, 11) is -3.59. The molecule has 4 aliphatic carbocycles. The van der Waals surface area contributed by atoms with E-state index in [2.05, 4.69) is 240 Å². The second-order valence-electron chi connectivity index (χ2n) is 29.5. The summed E-state index contributed by atoms with van der Waals surface area (Å²) in [6, 6.07) is 57.3. The summed E-state index contributed by atoms with van der Waals surface area (Å²) in [6.45, 7) is 29.1. The molecule has 10 heteroatoms. The Balaban J connectivity index is 0.000000224. The fourth-order valence-corrected chi connectivity index (χ4v) is 26.3. The van der Waals surface area contributed by atoms with Crippen LogP contribution in [0.1, 0.15) is 137 Å². The van der Waals surface area contributed by atoms with Gasteiger partial charge in [0.05, 0.1) is 26.9 Å². The Morgan fingerprint density at radius 3 is 1.17 bits per heavy atom. The van der Waals surface area contributed by atoms with Crippen molar-refractivity contribution in [3.8, 4) is 11.5 Å². The Morgan fingerprint density at radius 2 is 0.849 bits per heavy atom. The van der Waals surface area contributed by atoms with Gasteiger partial charge in [-0.3, -0.25) is 0 Å². The molecule has 6 aromatic carbocycles. The number of ether oxygens (including phenoxy) is 2. The van der Waals surface area contributed by atoms with Crippen molar-refractivity contribution < 1.29 is 33.0 Å². The molecule has 86 heavy (non-hydrogen) atoms. The van der Waals surface area contributed by atoms with E-state index in [1.165, 1.54) is 55.8 Å². The van der Waals surface area contributed by atoms with E-state index in [9.17, 15) is 10.2 Å². The van der Waals surface area contributed by atoms with Crippen LogP contribution in [0.15, 0.2) is 158 Å². The van der Waals surface area contributed by atoms with Gasteiger partial charge >= 0.3 is 0 Å². The Bertz CT molecular complexity index is 2980. The van der Waals surface area contributed by atoms with Crippen molar-refractivity contribution in [1.82, 2.24) is 0 Å². The number of benzene rings is 6. The van der Waals surface area contributed by atoms with E-state index in [1.807, 2.05) is 7.11 Å². The van der Waals surface area contributed by atoms with Crippen LogP contribution in [0.3, 0.4) is 0 Å². The molecule has 0 amide bonds. The molecule has 0 aliphatic heterocycles. The monoisotopic (exact) mass is 1220 g/mol. The maximum Gasteiger partial charge on any atom is 0.261 e. The first kappa shape index (κ1) is 67.3. The molecule has 6 aromatic rings. The molecule has 10 rings (SSSR count). The Morgan fingerprint density at radius 1 is 0.488 bits per heavy atom. The third-order valence-corrected chi connectivity index (χ3v) is 35.8. The van der Waals surface area contributed by atoms with Crippen LogP contribution < -0.4 is 30.2 Å². The first-order chi connectivity index (χ1) is 40.5. The molecule has 0 unspecified atom stereocenters. The lowest BCUT2D eigenvalue weighted by Gasteiger charge is -2.46. The summed E-state index contributed by atoms with van der Waals surface area (Å²) in [5.74, 6) is 5.63. The van der Waals surface area contributed by atoms with E-state index < -0.39 is 31.1 Å². The van der Waals surface area contributed by atoms with Crippen LogP contribution in [0.4, 0.5) is 0 Å². The number of aliphatic hydroxyl groups is 2. The lowest BCUT2D eigenvalue weighted by molar-refractivity contribution is 0.0653. The largest absolute Gasteiger partial charge is 0.496 e. The topological polar surface area (TPSA) is 86.6 Å². The van der Waals surface area contributed by atoms with Crippen molar-refractivity contribution in [2.75, 3.05) is 27.4 Å². The van der Waals surface area contributed by atoms with E-state index in [4.69, 9.17) is 22.8 Å². The van der Waals surface area contributed by atoms with Gasteiger partial charge in [0, 0.05) is 18.8 Å². The molecule has 2 saturated carbocycles. The Hall–Kier alpha value is -4.63. The molecule has 0 heterocycles. The first-order valence-corrected chi connectivity index (χ1v) is 39.0. The van der Waals surface area contributed by atoms with Crippen molar-refractivity contribution in [2.24, 2.45) is 41.4 Å². The maximum atomic E-state index is 10.3. The summed E-state index contributed by atoms with van der Waals surface area (Å²) in [4.78, 5) is 0. The first-order valence-electron chi connectivity index (χ1n) is 32.3. The highest BCUT2D eigenvalue weighted by atomic mass is 28.4. The molecule has 0 spiro atoms. The van der Waals surface area contributed by atoms with Gasteiger partial charge in [0.2, 0.25) is 0 Å². The Labute approximate surface area is 523 Å². The molecule has 0 bridgehead atoms. The highest BCUT2D eigenvalue weighted by molar-refractivity contribution is 7.00. The molecule has 4 aliphatic rings. The Kier molecular flexibility index (Phi) is 21.9. The van der Waals surface area contributed by atoms with Crippen LogP contribution in [0, 0.1) is 41.4 Å². The molecule has 2 N–H and O–H groups in total. The van der Waals surface area contributed by atoms with Gasteiger partial charge in [-0.1, -0.05) is 222 Å². The zero-order valence-electron chi connectivity index (χ0n) is 54.2. The van der Waals surface area contributed by atoms with Gasteiger partial charge in [0.25, 0.3) is 16.6 Å². The van der Waals surface area contributed by atoms with Gasteiger partial charge < -0.3 is 33.0 Å². The predicted octanol–water partition coefficient (Wildman–Crippen LogP) is 15.2. The number of methoxy groups -OCH3 is 2. The summed E-state index contributed by atoms with van der Waals surface area (Å²) >= 11 is 0. The number of fused-ring (bicyclic) bond motifs is 4. The molecule has 10 atom stereocenters. The van der Waals surface area contributed by atoms with Gasteiger partial charge in [-0.2, -0.15) is 0 Å². The van der Waals surface area contributed by atoms with E-state index in [-0.39, 0.29) is 41.4 Å². The van der Waals surface area contributed by atoms with E-state index in [1.54, 1.807) is 7.11 Å². The van der Waals surface area contributed by atoms with E-state index in [0.717, 1.165) is 63.1 Å². The van der Waals surface area contributed by atoms with Gasteiger partial charge in [-0.05, 0) is 189 Å². The van der Waals surface area contributed by atoms with Crippen molar-refractivity contribution >= 4 is 45.7 Å². The molecule has 0 radical (unpaired) electrons. The smallest absolute Gasteiger partial charge is 0.261 e. The van der Waals surface area contributed by atoms with Crippen LogP contribution in [-0.2, 0) is 39.0 Å². The SMILES string of the molecule is C.COc1cccc2c1C[C@H]1C[C@@H](O[Si](c3ccccc3)(c3ccccc3)C(C)(C)C)[C@H](CC[C@@H](C)CO[Si](C)(C)C(C)(C)C)[C@H]1C2.COc1cccc2c1C[C@H]1C[C@@H](O[Si](c3ccccc3)(c3ccccc3)C(C)(C)C)[C@H](CC[C@@H](O)CO)[C@H]1C2. The van der Waals surface area contributed by atoms with Gasteiger partial charge in [0.1, 0.15) is 11.5 Å². The van der Waals surface area contributed by atoms with Crippen molar-refractivity contribution in [1.29, 1.82) is 0 Å². The van der Waals surface area contributed by atoms with Crippen LogP contribution >= 0.6 is 0 Å². The molecule has 2 fully saturated rings.